The summed E-state index contributed by atoms with van der Waals surface area (Å²) in [5.41, 5.74) is 4.57. The molecule has 3 aromatic carbocycles. The van der Waals surface area contributed by atoms with Gasteiger partial charge >= 0.3 is 0 Å². The molecule has 2 N–H and O–H groups in total. The number of benzene rings is 3. The zero-order valence-corrected chi connectivity index (χ0v) is 18.2. The number of hydrogen-bond acceptors (Lipinski definition) is 6. The van der Waals surface area contributed by atoms with E-state index in [1.54, 1.807) is 30.3 Å². The van der Waals surface area contributed by atoms with E-state index in [1.165, 1.54) is 37.6 Å². The van der Waals surface area contributed by atoms with E-state index in [0.29, 0.717) is 28.3 Å². The number of anilines is 1. The van der Waals surface area contributed by atoms with Crippen LogP contribution in [0.25, 0.3) is 0 Å². The van der Waals surface area contributed by atoms with Crippen molar-refractivity contribution >= 4 is 23.7 Å². The van der Waals surface area contributed by atoms with Gasteiger partial charge in [-0.2, -0.15) is 10.4 Å². The number of nitriles is 1. The van der Waals surface area contributed by atoms with Gasteiger partial charge in [0.2, 0.25) is 11.8 Å². The Bertz CT molecular complexity index is 1240. The molecule has 0 aliphatic carbocycles. The Balaban J connectivity index is 1.53. The second kappa shape index (κ2) is 11.8. The van der Waals surface area contributed by atoms with Gasteiger partial charge < -0.3 is 14.8 Å². The van der Waals surface area contributed by atoms with Crippen molar-refractivity contribution in [2.45, 2.75) is 13.0 Å². The topological polar surface area (TPSA) is 113 Å². The first-order valence-corrected chi connectivity index (χ1v) is 10.1. The smallest absolute Gasteiger partial charge is 0.249 e. The summed E-state index contributed by atoms with van der Waals surface area (Å²) in [5, 5.41) is 15.5. The predicted octanol–water partition coefficient (Wildman–Crippen LogP) is 3.76. The number of carbonyl (C=O) groups excluding carboxylic acids is 2. The summed E-state index contributed by atoms with van der Waals surface area (Å²) in [6.45, 7) is 0.198. The van der Waals surface area contributed by atoms with Crippen molar-refractivity contribution in [3.05, 3.63) is 89.2 Å². The van der Waals surface area contributed by atoms with Crippen LogP contribution in [0.4, 0.5) is 10.1 Å². The zero-order chi connectivity index (χ0) is 24.3. The number of hydrogen-bond donors (Lipinski definition) is 2. The summed E-state index contributed by atoms with van der Waals surface area (Å²) in [6.07, 6.45) is 0.946. The van der Waals surface area contributed by atoms with E-state index in [4.69, 9.17) is 9.47 Å². The molecule has 0 unspecified atom stereocenters. The Morgan fingerprint density at radius 1 is 1.06 bits per heavy atom. The fraction of sp³-hybridized carbons (Fsp3) is 0.120. The third kappa shape index (κ3) is 6.90. The Kier molecular flexibility index (Phi) is 8.30. The number of amides is 2. The van der Waals surface area contributed by atoms with Crippen LogP contribution >= 0.6 is 0 Å². The zero-order valence-electron chi connectivity index (χ0n) is 18.2. The van der Waals surface area contributed by atoms with Crippen LogP contribution in [0.3, 0.4) is 0 Å². The largest absolute Gasteiger partial charge is 0.493 e. The molecule has 0 spiro atoms. The number of nitrogens with zero attached hydrogens (tertiary/aromatic N) is 2. The normalized spacial score (nSPS) is 10.4. The van der Waals surface area contributed by atoms with E-state index in [9.17, 15) is 19.2 Å². The number of rotatable bonds is 9. The first kappa shape index (κ1) is 23.9. The highest BCUT2D eigenvalue weighted by molar-refractivity contribution is 6.03. The molecule has 3 rings (SSSR count). The molecule has 0 aliphatic heterocycles. The number of ether oxygens (including phenoxy) is 2. The predicted molar refractivity (Wildman–Crippen MR) is 124 cm³/mol. The van der Waals surface area contributed by atoms with Crippen LogP contribution in [0.2, 0.25) is 0 Å². The van der Waals surface area contributed by atoms with Gasteiger partial charge in [0.15, 0.2) is 11.5 Å². The molecular formula is C25H21FN4O4. The molecule has 2 amide bonds. The summed E-state index contributed by atoms with van der Waals surface area (Å²) in [7, 11) is 1.49. The Hall–Kier alpha value is -4.71. The van der Waals surface area contributed by atoms with Crippen molar-refractivity contribution in [2.24, 2.45) is 5.10 Å². The van der Waals surface area contributed by atoms with Gasteiger partial charge in [0, 0.05) is 11.3 Å². The Morgan fingerprint density at radius 2 is 1.82 bits per heavy atom. The van der Waals surface area contributed by atoms with Crippen molar-refractivity contribution in [2.75, 3.05) is 12.4 Å². The van der Waals surface area contributed by atoms with Gasteiger partial charge in [-0.15, -0.1) is 0 Å². The van der Waals surface area contributed by atoms with E-state index in [1.807, 2.05) is 12.1 Å². The molecule has 0 fully saturated rings. The molecule has 34 heavy (non-hydrogen) atoms. The first-order valence-electron chi connectivity index (χ1n) is 10.1. The van der Waals surface area contributed by atoms with E-state index >= 15 is 0 Å². The molecule has 0 heterocycles. The molecule has 172 valence electrons. The summed E-state index contributed by atoms with van der Waals surface area (Å²) in [6, 6.07) is 19.5. The second-order valence-electron chi connectivity index (χ2n) is 6.99. The molecular weight excluding hydrogens is 439 g/mol. The van der Waals surface area contributed by atoms with Crippen molar-refractivity contribution in [1.82, 2.24) is 5.43 Å². The molecule has 0 saturated heterocycles. The highest BCUT2D eigenvalue weighted by Crippen LogP contribution is 2.28. The lowest BCUT2D eigenvalue weighted by Gasteiger charge is -2.12. The van der Waals surface area contributed by atoms with Gasteiger partial charge in [-0.3, -0.25) is 9.59 Å². The summed E-state index contributed by atoms with van der Waals surface area (Å²) < 4.78 is 24.1. The third-order valence-electron chi connectivity index (χ3n) is 4.56. The van der Waals surface area contributed by atoms with E-state index in [-0.39, 0.29) is 6.61 Å². The molecule has 0 saturated carbocycles. The molecule has 0 aromatic heterocycles. The lowest BCUT2D eigenvalue weighted by molar-refractivity contribution is -0.126. The van der Waals surface area contributed by atoms with Crippen molar-refractivity contribution in [3.8, 4) is 17.6 Å². The standard InChI is InChI=1S/C25H21FN4O4/c1-33-23-12-17(6-11-22(23)34-16-19-5-3-2-4-18(19)14-27)15-28-30-25(32)13-24(31)29-21-9-7-20(26)8-10-21/h2-12,15H,13,16H2,1H3,(H,29,31)(H,30,32). The lowest BCUT2D eigenvalue weighted by Crippen LogP contribution is -2.24. The molecule has 8 nitrogen and oxygen atoms in total. The molecule has 0 radical (unpaired) electrons. The average Bonchev–Trinajstić information content (AvgIpc) is 2.84. The van der Waals surface area contributed by atoms with Crippen LogP contribution in [-0.4, -0.2) is 25.1 Å². The summed E-state index contributed by atoms with van der Waals surface area (Å²) in [5.74, 6) is -0.665. The minimum absolute atomic E-state index is 0.198. The van der Waals surface area contributed by atoms with Gasteiger partial charge in [0.25, 0.3) is 0 Å². The van der Waals surface area contributed by atoms with Gasteiger partial charge in [0.1, 0.15) is 18.8 Å². The van der Waals surface area contributed by atoms with E-state index in [2.05, 4.69) is 21.9 Å². The van der Waals surface area contributed by atoms with Crippen LogP contribution in [-0.2, 0) is 16.2 Å². The van der Waals surface area contributed by atoms with Crippen LogP contribution in [0.1, 0.15) is 23.1 Å². The quantitative estimate of drug-likeness (QED) is 0.287. The number of methoxy groups -OCH3 is 1. The van der Waals surface area contributed by atoms with Gasteiger partial charge in [-0.1, -0.05) is 18.2 Å². The molecule has 0 bridgehead atoms. The number of carbonyl (C=O) groups is 2. The molecule has 3 aromatic rings. The van der Waals surface area contributed by atoms with Crippen LogP contribution in [0, 0.1) is 17.1 Å². The molecule has 0 aliphatic rings. The lowest BCUT2D eigenvalue weighted by atomic mass is 10.1. The number of halogens is 1. The monoisotopic (exact) mass is 460 g/mol. The van der Waals surface area contributed by atoms with Gasteiger partial charge in [-0.05, 0) is 54.1 Å². The third-order valence-corrected chi connectivity index (χ3v) is 4.56. The maximum atomic E-state index is 12.9. The number of hydrazone groups is 1. The number of nitrogens with one attached hydrogen (secondary N) is 2. The van der Waals surface area contributed by atoms with Crippen molar-refractivity contribution in [3.63, 3.8) is 0 Å². The maximum Gasteiger partial charge on any atom is 0.249 e. The van der Waals surface area contributed by atoms with E-state index < -0.39 is 24.1 Å². The maximum absolute atomic E-state index is 12.9. The fourth-order valence-corrected chi connectivity index (χ4v) is 2.90. The fourth-order valence-electron chi connectivity index (χ4n) is 2.90. The first-order chi connectivity index (χ1) is 16.5. The highest BCUT2D eigenvalue weighted by Gasteiger charge is 2.10. The minimum Gasteiger partial charge on any atom is -0.493 e. The van der Waals surface area contributed by atoms with Crippen LogP contribution in [0.15, 0.2) is 71.8 Å². The Labute approximate surface area is 195 Å². The second-order valence-corrected chi connectivity index (χ2v) is 6.99. The summed E-state index contributed by atoms with van der Waals surface area (Å²) >= 11 is 0. The van der Waals surface area contributed by atoms with Crippen LogP contribution in [0.5, 0.6) is 11.5 Å². The van der Waals surface area contributed by atoms with E-state index in [0.717, 1.165) is 5.56 Å². The Morgan fingerprint density at radius 3 is 2.56 bits per heavy atom. The van der Waals surface area contributed by atoms with Crippen LogP contribution < -0.4 is 20.2 Å². The summed E-state index contributed by atoms with van der Waals surface area (Å²) in [4.78, 5) is 23.8. The molecule has 0 atom stereocenters. The molecule has 9 heteroatoms. The van der Waals surface area contributed by atoms with Crippen molar-refractivity contribution in [1.29, 1.82) is 5.26 Å². The highest BCUT2D eigenvalue weighted by atomic mass is 19.1. The van der Waals surface area contributed by atoms with Gasteiger partial charge in [0.05, 0.1) is 25.0 Å². The van der Waals surface area contributed by atoms with Gasteiger partial charge in [-0.25, -0.2) is 9.82 Å². The minimum atomic E-state index is -0.612. The van der Waals surface area contributed by atoms with Crippen molar-refractivity contribution < 1.29 is 23.5 Å². The average molecular weight is 460 g/mol. The SMILES string of the molecule is COc1cc(C=NNC(=O)CC(=O)Nc2ccc(F)cc2)ccc1OCc1ccccc1C#N.